The summed E-state index contributed by atoms with van der Waals surface area (Å²) < 4.78 is 48.8. The number of halogens is 4. The van der Waals surface area contributed by atoms with Gasteiger partial charge in [0.05, 0.1) is 13.7 Å². The Morgan fingerprint density at radius 2 is 1.96 bits per heavy atom. The average molecular weight is 518 g/mol. The maximum atomic E-state index is 12.8. The Morgan fingerprint density at radius 3 is 2.46 bits per heavy atom. The third kappa shape index (κ3) is 6.00. The zero-order valence-corrected chi connectivity index (χ0v) is 18.6. The minimum absolute atomic E-state index is 0. The first-order valence-corrected chi connectivity index (χ1v) is 8.61. The van der Waals surface area contributed by atoms with Crippen molar-refractivity contribution in [2.24, 2.45) is 4.99 Å². The van der Waals surface area contributed by atoms with Crippen molar-refractivity contribution in [2.45, 2.75) is 32.6 Å². The molecule has 1 aromatic rings. The number of aryl methyl sites for hydroxylation is 1. The first-order valence-electron chi connectivity index (χ1n) is 8.61. The molecule has 1 aromatic heterocycles. The number of alkyl halides is 3. The molecule has 2 rings (SSSR count). The molecule has 1 aliphatic rings. The minimum atomic E-state index is -4.23. The summed E-state index contributed by atoms with van der Waals surface area (Å²) in [5.74, 6) is 1.10. The lowest BCUT2D eigenvalue weighted by Gasteiger charge is -2.39. The maximum Gasteiger partial charge on any atom is 0.403 e. The monoisotopic (exact) mass is 518 g/mol. The molecule has 1 saturated heterocycles. The van der Waals surface area contributed by atoms with E-state index in [2.05, 4.69) is 15.0 Å². The molecule has 28 heavy (non-hydrogen) atoms. The summed E-state index contributed by atoms with van der Waals surface area (Å²) in [5, 5.41) is 3.12. The number of nitrogens with zero attached hydrogens (tertiary/aromatic N) is 3. The summed E-state index contributed by atoms with van der Waals surface area (Å²) >= 11 is 0. The van der Waals surface area contributed by atoms with Crippen LogP contribution in [0.15, 0.2) is 15.5 Å². The van der Waals surface area contributed by atoms with Crippen LogP contribution < -0.4 is 5.32 Å². The van der Waals surface area contributed by atoms with Crippen molar-refractivity contribution in [3.63, 3.8) is 0 Å². The fourth-order valence-corrected chi connectivity index (χ4v) is 2.97. The molecule has 7 nitrogen and oxygen atoms in total. The van der Waals surface area contributed by atoms with E-state index in [1.165, 1.54) is 18.9 Å². The molecule has 1 unspecified atom stereocenters. The van der Waals surface area contributed by atoms with Gasteiger partial charge in [-0.3, -0.25) is 9.89 Å². The Labute approximate surface area is 179 Å². The van der Waals surface area contributed by atoms with Gasteiger partial charge in [0.25, 0.3) is 0 Å². The minimum Gasteiger partial charge on any atom is -0.465 e. The number of rotatable bonds is 4. The predicted molar refractivity (Wildman–Crippen MR) is 109 cm³/mol. The highest BCUT2D eigenvalue weighted by Crippen LogP contribution is 2.25. The molecule has 1 fully saturated rings. The standard InChI is InChI=1S/C17H25F3N4O3.HI/c1-11-14(15(25)26-4)9-13(27-11)10-22-16(21-3)24-7-5-23(6-8-24)12(2)17(18,19)20;/h9,12H,5-8,10H2,1-4H3,(H,21,22);1H. The summed E-state index contributed by atoms with van der Waals surface area (Å²) in [5.41, 5.74) is 0.360. The number of furan rings is 1. The zero-order chi connectivity index (χ0) is 20.2. The molecular formula is C17H26F3IN4O3. The third-order valence-electron chi connectivity index (χ3n) is 4.64. The second-order valence-corrected chi connectivity index (χ2v) is 6.32. The molecule has 0 aliphatic carbocycles. The molecule has 1 aliphatic heterocycles. The van der Waals surface area contributed by atoms with Gasteiger partial charge in [-0.25, -0.2) is 4.79 Å². The number of hydrogen-bond donors (Lipinski definition) is 1. The molecule has 0 amide bonds. The second-order valence-electron chi connectivity index (χ2n) is 6.32. The van der Waals surface area contributed by atoms with Gasteiger partial charge < -0.3 is 19.4 Å². The van der Waals surface area contributed by atoms with Crippen molar-refractivity contribution in [1.82, 2.24) is 15.1 Å². The smallest absolute Gasteiger partial charge is 0.403 e. The quantitative estimate of drug-likeness (QED) is 0.286. The molecule has 0 bridgehead atoms. The SMILES string of the molecule is CN=C(NCc1cc(C(=O)OC)c(C)o1)N1CCN(C(C)C(F)(F)F)CC1.I. The van der Waals surface area contributed by atoms with E-state index in [1.54, 1.807) is 20.0 Å². The lowest BCUT2D eigenvalue weighted by Crippen LogP contribution is -2.56. The highest BCUT2D eigenvalue weighted by molar-refractivity contribution is 14.0. The van der Waals surface area contributed by atoms with Crippen LogP contribution in [0.3, 0.4) is 0 Å². The Kier molecular flexibility index (Phi) is 9.05. The van der Waals surface area contributed by atoms with Crippen LogP contribution in [-0.4, -0.2) is 74.3 Å². The van der Waals surface area contributed by atoms with Crippen LogP contribution in [0.2, 0.25) is 0 Å². The Bertz CT molecular complexity index is 686. The number of esters is 1. The van der Waals surface area contributed by atoms with Crippen molar-refractivity contribution in [2.75, 3.05) is 40.3 Å². The topological polar surface area (TPSA) is 70.3 Å². The second kappa shape index (κ2) is 10.3. The van der Waals surface area contributed by atoms with Crippen LogP contribution in [0.25, 0.3) is 0 Å². The Hall–Kier alpha value is -1.50. The molecular weight excluding hydrogens is 492 g/mol. The number of nitrogens with one attached hydrogen (secondary N) is 1. The van der Waals surface area contributed by atoms with Gasteiger partial charge in [-0.1, -0.05) is 0 Å². The molecule has 0 saturated carbocycles. The largest absolute Gasteiger partial charge is 0.465 e. The fraction of sp³-hybridized carbons (Fsp3) is 0.647. The molecule has 1 atom stereocenters. The first kappa shape index (κ1) is 24.5. The van der Waals surface area contributed by atoms with Crippen molar-refractivity contribution >= 4 is 35.9 Å². The number of guanidine groups is 1. The van der Waals surface area contributed by atoms with E-state index >= 15 is 0 Å². The van der Waals surface area contributed by atoms with E-state index in [0.717, 1.165) is 0 Å². The van der Waals surface area contributed by atoms with Crippen LogP contribution in [0.1, 0.15) is 28.8 Å². The molecule has 11 heteroatoms. The maximum absolute atomic E-state index is 12.8. The van der Waals surface area contributed by atoms with E-state index in [0.29, 0.717) is 55.8 Å². The summed E-state index contributed by atoms with van der Waals surface area (Å²) in [6, 6.07) is 0.141. The van der Waals surface area contributed by atoms with Crippen LogP contribution in [-0.2, 0) is 11.3 Å². The molecule has 2 heterocycles. The van der Waals surface area contributed by atoms with Gasteiger partial charge in [0.15, 0.2) is 5.96 Å². The van der Waals surface area contributed by atoms with Crippen molar-refractivity contribution < 1.29 is 27.1 Å². The number of carbonyl (C=O) groups excluding carboxylic acids is 1. The van der Waals surface area contributed by atoms with E-state index in [1.807, 2.05) is 4.90 Å². The predicted octanol–water partition coefficient (Wildman–Crippen LogP) is 2.64. The van der Waals surface area contributed by atoms with Gasteiger partial charge in [0, 0.05) is 33.2 Å². The van der Waals surface area contributed by atoms with Crippen LogP contribution in [0.5, 0.6) is 0 Å². The fourth-order valence-electron chi connectivity index (χ4n) is 2.97. The summed E-state index contributed by atoms with van der Waals surface area (Å²) in [7, 11) is 2.91. The zero-order valence-electron chi connectivity index (χ0n) is 16.3. The number of hydrogen-bond acceptors (Lipinski definition) is 5. The van der Waals surface area contributed by atoms with Crippen molar-refractivity contribution in [1.29, 1.82) is 0 Å². The molecule has 0 aromatic carbocycles. The van der Waals surface area contributed by atoms with E-state index in [4.69, 9.17) is 4.42 Å². The van der Waals surface area contributed by atoms with Crippen LogP contribution in [0.4, 0.5) is 13.2 Å². The van der Waals surface area contributed by atoms with Crippen molar-refractivity contribution in [3.8, 4) is 0 Å². The van der Waals surface area contributed by atoms with E-state index in [9.17, 15) is 18.0 Å². The van der Waals surface area contributed by atoms with Crippen molar-refractivity contribution in [3.05, 3.63) is 23.2 Å². The molecule has 0 spiro atoms. The van der Waals surface area contributed by atoms with E-state index in [-0.39, 0.29) is 24.0 Å². The number of carbonyl (C=O) groups is 1. The first-order chi connectivity index (χ1) is 12.7. The molecule has 160 valence electrons. The summed E-state index contributed by atoms with van der Waals surface area (Å²) in [6.45, 7) is 4.62. The number of aliphatic imine (C=N–C) groups is 1. The number of ether oxygens (including phenoxy) is 1. The third-order valence-corrected chi connectivity index (χ3v) is 4.64. The lowest BCUT2D eigenvalue weighted by atomic mass is 10.2. The van der Waals surface area contributed by atoms with Crippen LogP contribution in [0, 0.1) is 6.92 Å². The highest BCUT2D eigenvalue weighted by Gasteiger charge is 2.41. The van der Waals surface area contributed by atoms with Gasteiger partial charge in [0.1, 0.15) is 23.1 Å². The molecule has 0 radical (unpaired) electrons. The lowest BCUT2D eigenvalue weighted by molar-refractivity contribution is -0.181. The van der Waals surface area contributed by atoms with Gasteiger partial charge in [0.2, 0.25) is 0 Å². The summed E-state index contributed by atoms with van der Waals surface area (Å²) in [4.78, 5) is 19.1. The highest BCUT2D eigenvalue weighted by atomic mass is 127. The number of piperazine rings is 1. The van der Waals surface area contributed by atoms with Gasteiger partial charge in [-0.15, -0.1) is 24.0 Å². The summed E-state index contributed by atoms with van der Waals surface area (Å²) in [6.07, 6.45) is -4.23. The van der Waals surface area contributed by atoms with Gasteiger partial charge in [-0.05, 0) is 19.9 Å². The Morgan fingerprint density at radius 1 is 1.36 bits per heavy atom. The van der Waals surface area contributed by atoms with E-state index < -0.39 is 18.2 Å². The van der Waals surface area contributed by atoms with Gasteiger partial charge >= 0.3 is 12.1 Å². The molecule has 1 N–H and O–H groups in total. The Balaban J connectivity index is 0.00000392. The normalized spacial score (nSPS) is 17.1. The number of methoxy groups -OCH3 is 1. The van der Waals surface area contributed by atoms with Crippen LogP contribution >= 0.6 is 24.0 Å². The van der Waals surface area contributed by atoms with Gasteiger partial charge in [-0.2, -0.15) is 13.2 Å². The average Bonchev–Trinajstić information content (AvgIpc) is 3.01.